The highest BCUT2D eigenvalue weighted by atomic mass is 19.4. The van der Waals surface area contributed by atoms with Crippen LogP contribution in [0.2, 0.25) is 0 Å². The highest BCUT2D eigenvalue weighted by Crippen LogP contribution is 2.51. The summed E-state index contributed by atoms with van der Waals surface area (Å²) in [5.74, 6) is -2.66. The van der Waals surface area contributed by atoms with Crippen LogP contribution in [0.15, 0.2) is 17.0 Å². The molecule has 0 bridgehead atoms. The molecule has 3 heterocycles. The van der Waals surface area contributed by atoms with Gasteiger partial charge in [-0.1, -0.05) is 10.4 Å². The van der Waals surface area contributed by atoms with E-state index in [2.05, 4.69) is 41.0 Å². The van der Waals surface area contributed by atoms with Crippen molar-refractivity contribution in [3.63, 3.8) is 0 Å². The molecule has 0 radical (unpaired) electrons. The minimum absolute atomic E-state index is 0.119. The second-order valence-electron chi connectivity index (χ2n) is 10.3. The van der Waals surface area contributed by atoms with Crippen LogP contribution in [0.25, 0.3) is 0 Å². The van der Waals surface area contributed by atoms with Crippen molar-refractivity contribution in [2.75, 3.05) is 5.32 Å². The molecule has 2 N–H and O–H groups in total. The first kappa shape index (κ1) is 28.5. The van der Waals surface area contributed by atoms with Crippen molar-refractivity contribution >= 4 is 17.5 Å². The molecule has 222 valence electrons. The van der Waals surface area contributed by atoms with Crippen molar-refractivity contribution in [3.8, 4) is 0 Å². The number of rotatable bonds is 12. The summed E-state index contributed by atoms with van der Waals surface area (Å²) in [6.45, 7) is -0.115. The lowest BCUT2D eigenvalue weighted by Gasteiger charge is -2.27. The summed E-state index contributed by atoms with van der Waals surface area (Å²) in [6, 6.07) is -2.69. The predicted molar refractivity (Wildman–Crippen MR) is 125 cm³/mol. The molecule has 3 aromatic heterocycles. The van der Waals surface area contributed by atoms with Crippen LogP contribution in [0.3, 0.4) is 0 Å². The van der Waals surface area contributed by atoms with Crippen LogP contribution in [0.1, 0.15) is 60.0 Å². The normalized spacial score (nSPS) is 17.2. The number of aromatic nitrogens is 7. The smallest absolute Gasteiger partial charge is 0.338 e. The first-order valence-electron chi connectivity index (χ1n) is 12.8. The van der Waals surface area contributed by atoms with Crippen molar-refractivity contribution in [1.82, 2.24) is 40.4 Å². The van der Waals surface area contributed by atoms with Gasteiger partial charge in [-0.25, -0.2) is 18.1 Å². The Hall–Kier alpha value is -3.99. The standard InChI is InChI=1S/C23H25F6N9O3/c1-10-18(35-41-34-10)21(39)32-19(17(11-2-3-11)12-4-5-12)22(40)31-13-8-37(33-20(13)26)14(6-16(24)25)15-7-30-36-38(15)9-23(27,28)29/h7-8,11-12,14,16-17,19H,2-6,9H2,1H3,(H,31,40)(H,32,39)/t14?,19-/m0/s1. The number of hydrogen-bond acceptors (Lipinski definition) is 8. The highest BCUT2D eigenvalue weighted by molar-refractivity contribution is 6.01. The minimum Gasteiger partial charge on any atom is -0.338 e. The van der Waals surface area contributed by atoms with Gasteiger partial charge in [0, 0.05) is 6.42 Å². The second-order valence-corrected chi connectivity index (χ2v) is 10.3. The zero-order chi connectivity index (χ0) is 29.5. The van der Waals surface area contributed by atoms with Crippen molar-refractivity contribution in [1.29, 1.82) is 0 Å². The van der Waals surface area contributed by atoms with Gasteiger partial charge in [-0.05, 0) is 55.5 Å². The first-order valence-corrected chi connectivity index (χ1v) is 12.8. The number of carbonyl (C=O) groups is 2. The van der Waals surface area contributed by atoms with E-state index in [0.29, 0.717) is 9.36 Å². The molecular weight excluding hydrogens is 564 g/mol. The van der Waals surface area contributed by atoms with Gasteiger partial charge in [0.25, 0.3) is 11.9 Å². The van der Waals surface area contributed by atoms with Crippen LogP contribution in [-0.2, 0) is 11.3 Å². The number of aryl methyl sites for hydroxylation is 1. The number of halogens is 6. The molecule has 2 atom stereocenters. The predicted octanol–water partition coefficient (Wildman–Crippen LogP) is 3.29. The van der Waals surface area contributed by atoms with E-state index in [1.165, 1.54) is 6.92 Å². The number of nitrogens with zero attached hydrogens (tertiary/aromatic N) is 7. The lowest BCUT2D eigenvalue weighted by atomic mass is 9.88. The molecule has 0 aromatic carbocycles. The van der Waals surface area contributed by atoms with Crippen LogP contribution in [-0.4, -0.2) is 65.5 Å². The molecule has 2 aliphatic rings. The average molecular weight is 590 g/mol. The fraction of sp³-hybridized carbons (Fsp3) is 0.609. The Morgan fingerprint density at radius 1 is 1.15 bits per heavy atom. The van der Waals surface area contributed by atoms with Crippen LogP contribution in [0.4, 0.5) is 32.0 Å². The molecular formula is C23H25F6N9O3. The van der Waals surface area contributed by atoms with E-state index in [0.717, 1.165) is 38.1 Å². The van der Waals surface area contributed by atoms with Gasteiger partial charge in [-0.15, -0.1) is 10.2 Å². The van der Waals surface area contributed by atoms with Crippen LogP contribution in [0, 0.1) is 30.6 Å². The number of nitrogens with one attached hydrogen (secondary N) is 2. The summed E-state index contributed by atoms with van der Waals surface area (Å²) in [4.78, 5) is 26.4. The molecule has 41 heavy (non-hydrogen) atoms. The molecule has 2 fully saturated rings. The summed E-state index contributed by atoms with van der Waals surface area (Å²) in [6.07, 6.45) is -3.59. The maximum atomic E-state index is 15.0. The molecule has 0 spiro atoms. The van der Waals surface area contributed by atoms with E-state index < -0.39 is 61.1 Å². The summed E-state index contributed by atoms with van der Waals surface area (Å²) in [7, 11) is 0. The van der Waals surface area contributed by atoms with Crippen LogP contribution >= 0.6 is 0 Å². The fourth-order valence-electron chi connectivity index (χ4n) is 5.05. The Bertz CT molecular complexity index is 1380. The molecule has 2 amide bonds. The third-order valence-electron chi connectivity index (χ3n) is 7.14. The maximum Gasteiger partial charge on any atom is 0.408 e. The Balaban J connectivity index is 1.40. The third-order valence-corrected chi connectivity index (χ3v) is 7.14. The number of hydrogen-bond donors (Lipinski definition) is 2. The van der Waals surface area contributed by atoms with Gasteiger partial charge in [0.1, 0.15) is 30.0 Å². The molecule has 2 saturated carbocycles. The van der Waals surface area contributed by atoms with Gasteiger partial charge in [-0.2, -0.15) is 17.6 Å². The van der Waals surface area contributed by atoms with Crippen molar-refractivity contribution in [3.05, 3.63) is 35.4 Å². The van der Waals surface area contributed by atoms with Crippen LogP contribution < -0.4 is 10.6 Å². The molecule has 0 aliphatic heterocycles. The Morgan fingerprint density at radius 3 is 2.39 bits per heavy atom. The first-order chi connectivity index (χ1) is 19.4. The van der Waals surface area contributed by atoms with E-state index in [1.54, 1.807) is 0 Å². The van der Waals surface area contributed by atoms with E-state index in [9.17, 15) is 35.9 Å². The molecule has 1 unspecified atom stereocenters. The lowest BCUT2D eigenvalue weighted by Crippen LogP contribution is -2.50. The van der Waals surface area contributed by atoms with Crippen LogP contribution in [0.5, 0.6) is 0 Å². The molecule has 3 aromatic rings. The lowest BCUT2D eigenvalue weighted by molar-refractivity contribution is -0.143. The maximum absolute atomic E-state index is 15.0. The van der Waals surface area contributed by atoms with Crippen molar-refractivity contribution in [2.24, 2.45) is 17.8 Å². The van der Waals surface area contributed by atoms with Gasteiger partial charge < -0.3 is 10.6 Å². The largest absolute Gasteiger partial charge is 0.408 e. The van der Waals surface area contributed by atoms with Gasteiger partial charge in [0.15, 0.2) is 5.69 Å². The Labute approximate surface area is 227 Å². The average Bonchev–Trinajstić information content (AvgIpc) is 3.78. The minimum atomic E-state index is -4.73. The van der Waals surface area contributed by atoms with E-state index in [4.69, 9.17) is 0 Å². The second kappa shape index (κ2) is 11.1. The summed E-state index contributed by atoms with van der Waals surface area (Å²) in [5.41, 5.74) is -0.806. The molecule has 18 heteroatoms. The van der Waals surface area contributed by atoms with E-state index in [-0.39, 0.29) is 34.8 Å². The molecule has 0 saturated heterocycles. The monoisotopic (exact) mass is 589 g/mol. The number of carbonyl (C=O) groups excluding carboxylic acids is 2. The third kappa shape index (κ3) is 6.67. The number of anilines is 1. The quantitative estimate of drug-likeness (QED) is 0.306. The van der Waals surface area contributed by atoms with E-state index in [1.807, 2.05) is 0 Å². The highest BCUT2D eigenvalue weighted by Gasteiger charge is 2.48. The Kier molecular flexibility index (Phi) is 7.74. The number of amides is 2. The Morgan fingerprint density at radius 2 is 1.83 bits per heavy atom. The van der Waals surface area contributed by atoms with Gasteiger partial charge in [0.05, 0.1) is 18.1 Å². The van der Waals surface area contributed by atoms with Gasteiger partial charge >= 0.3 is 6.18 Å². The summed E-state index contributed by atoms with van der Waals surface area (Å²) >= 11 is 0. The zero-order valence-electron chi connectivity index (χ0n) is 21.5. The molecule has 5 rings (SSSR count). The van der Waals surface area contributed by atoms with E-state index >= 15 is 0 Å². The SMILES string of the molecule is Cc1nonc1C(=O)N[C@H](C(=O)Nc1cn(C(CC(F)F)c2cnnn2CC(F)(F)F)nc1F)C(C1CC1)C1CC1. The topological polar surface area (TPSA) is 146 Å². The summed E-state index contributed by atoms with van der Waals surface area (Å²) < 4.78 is 86.5. The molecule has 2 aliphatic carbocycles. The zero-order valence-corrected chi connectivity index (χ0v) is 21.5. The van der Waals surface area contributed by atoms with Gasteiger partial charge in [-0.3, -0.25) is 14.3 Å². The fourth-order valence-corrected chi connectivity index (χ4v) is 5.05. The molecule has 12 nitrogen and oxygen atoms in total. The number of alkyl halides is 5. The van der Waals surface area contributed by atoms with Crippen molar-refractivity contribution in [2.45, 2.75) is 70.3 Å². The summed E-state index contributed by atoms with van der Waals surface area (Å²) in [5, 5.41) is 22.4. The van der Waals surface area contributed by atoms with Gasteiger partial charge in [0.2, 0.25) is 12.3 Å². The van der Waals surface area contributed by atoms with Crippen molar-refractivity contribution < 1.29 is 40.6 Å².